The van der Waals surface area contributed by atoms with Crippen molar-refractivity contribution in [2.24, 2.45) is 7.05 Å². The largest absolute Gasteiger partial charge is 0.457 e. The SMILES string of the molecule is Cn1ncc(Cl)c1C(O)c1cc2cccc(Br)c2o1. The highest BCUT2D eigenvalue weighted by molar-refractivity contribution is 9.10. The highest BCUT2D eigenvalue weighted by Gasteiger charge is 2.22. The van der Waals surface area contributed by atoms with Crippen molar-refractivity contribution in [3.8, 4) is 0 Å². The van der Waals surface area contributed by atoms with Crippen molar-refractivity contribution in [1.82, 2.24) is 9.78 Å². The molecular formula is C13H10BrClN2O2. The second-order valence-electron chi connectivity index (χ2n) is 4.21. The van der Waals surface area contributed by atoms with Gasteiger partial charge in [0.05, 0.1) is 21.4 Å². The van der Waals surface area contributed by atoms with Crippen molar-refractivity contribution in [2.75, 3.05) is 0 Å². The standard InChI is InChI=1S/C13H10BrClN2O2/c1-17-11(9(15)6-16-17)12(18)10-5-7-3-2-4-8(14)13(7)19-10/h2-6,12,18H,1H3. The third-order valence-corrected chi connectivity index (χ3v) is 3.90. The van der Waals surface area contributed by atoms with E-state index in [0.29, 0.717) is 22.1 Å². The van der Waals surface area contributed by atoms with Crippen LogP contribution in [0.5, 0.6) is 0 Å². The molecule has 19 heavy (non-hydrogen) atoms. The molecule has 0 radical (unpaired) electrons. The number of halogens is 2. The summed E-state index contributed by atoms with van der Waals surface area (Å²) in [4.78, 5) is 0. The lowest BCUT2D eigenvalue weighted by Crippen LogP contribution is -2.06. The lowest BCUT2D eigenvalue weighted by Gasteiger charge is -2.08. The van der Waals surface area contributed by atoms with E-state index in [4.69, 9.17) is 16.0 Å². The van der Waals surface area contributed by atoms with Gasteiger partial charge in [-0.25, -0.2) is 0 Å². The molecule has 0 aliphatic heterocycles. The van der Waals surface area contributed by atoms with Crippen LogP contribution >= 0.6 is 27.5 Å². The Morgan fingerprint density at radius 2 is 2.26 bits per heavy atom. The summed E-state index contributed by atoms with van der Waals surface area (Å²) in [7, 11) is 1.73. The maximum Gasteiger partial charge on any atom is 0.155 e. The number of aliphatic hydroxyl groups excluding tert-OH is 1. The van der Waals surface area contributed by atoms with E-state index in [1.165, 1.54) is 10.9 Å². The number of fused-ring (bicyclic) bond motifs is 1. The predicted octanol–water partition coefficient (Wildman–Crippen LogP) is 3.66. The highest BCUT2D eigenvalue weighted by atomic mass is 79.9. The fraction of sp³-hybridized carbons (Fsp3) is 0.154. The van der Waals surface area contributed by atoms with E-state index in [-0.39, 0.29) is 0 Å². The van der Waals surface area contributed by atoms with Gasteiger partial charge in [-0.2, -0.15) is 5.10 Å². The predicted molar refractivity (Wildman–Crippen MR) is 76.2 cm³/mol. The summed E-state index contributed by atoms with van der Waals surface area (Å²) in [5.41, 5.74) is 1.21. The van der Waals surface area contributed by atoms with Gasteiger partial charge in [-0.05, 0) is 28.1 Å². The summed E-state index contributed by atoms with van der Waals surface area (Å²) >= 11 is 9.44. The second kappa shape index (κ2) is 4.67. The summed E-state index contributed by atoms with van der Waals surface area (Å²) in [5, 5.41) is 15.7. The van der Waals surface area contributed by atoms with Crippen LogP contribution in [-0.2, 0) is 7.05 Å². The molecule has 1 N–H and O–H groups in total. The molecule has 0 saturated carbocycles. The molecule has 0 saturated heterocycles. The summed E-state index contributed by atoms with van der Waals surface area (Å²) in [5.74, 6) is 0.437. The van der Waals surface area contributed by atoms with Gasteiger partial charge in [0.25, 0.3) is 0 Å². The van der Waals surface area contributed by atoms with Gasteiger partial charge >= 0.3 is 0 Å². The lowest BCUT2D eigenvalue weighted by atomic mass is 10.2. The zero-order valence-corrected chi connectivity index (χ0v) is 12.3. The molecule has 3 rings (SSSR count). The van der Waals surface area contributed by atoms with Crippen molar-refractivity contribution in [3.63, 3.8) is 0 Å². The topological polar surface area (TPSA) is 51.2 Å². The maximum atomic E-state index is 10.4. The van der Waals surface area contributed by atoms with Crippen molar-refractivity contribution >= 4 is 38.5 Å². The van der Waals surface area contributed by atoms with E-state index in [1.807, 2.05) is 18.2 Å². The Hall–Kier alpha value is -1.30. The molecule has 6 heteroatoms. The van der Waals surface area contributed by atoms with Gasteiger partial charge in [-0.15, -0.1) is 0 Å². The number of aryl methyl sites for hydroxylation is 1. The van der Waals surface area contributed by atoms with E-state index < -0.39 is 6.10 Å². The minimum Gasteiger partial charge on any atom is -0.457 e. The zero-order valence-electron chi connectivity index (χ0n) is 9.97. The smallest absolute Gasteiger partial charge is 0.155 e. The van der Waals surface area contributed by atoms with E-state index >= 15 is 0 Å². The van der Waals surface area contributed by atoms with Crippen LogP contribution in [0.15, 0.2) is 39.4 Å². The van der Waals surface area contributed by atoms with E-state index in [9.17, 15) is 5.11 Å². The van der Waals surface area contributed by atoms with Gasteiger partial charge in [0, 0.05) is 12.4 Å². The van der Waals surface area contributed by atoms with Gasteiger partial charge in [-0.3, -0.25) is 4.68 Å². The normalized spacial score (nSPS) is 13.1. The Morgan fingerprint density at radius 3 is 2.89 bits per heavy atom. The van der Waals surface area contributed by atoms with Crippen molar-refractivity contribution in [1.29, 1.82) is 0 Å². The van der Waals surface area contributed by atoms with Gasteiger partial charge in [0.15, 0.2) is 6.10 Å². The molecule has 2 heterocycles. The minimum atomic E-state index is -0.945. The Balaban J connectivity index is 2.12. The number of nitrogens with zero attached hydrogens (tertiary/aromatic N) is 2. The van der Waals surface area contributed by atoms with Crippen LogP contribution in [0.2, 0.25) is 5.02 Å². The van der Waals surface area contributed by atoms with Crippen LogP contribution in [0.4, 0.5) is 0 Å². The first-order valence-electron chi connectivity index (χ1n) is 5.61. The molecule has 98 valence electrons. The molecule has 1 aromatic carbocycles. The highest BCUT2D eigenvalue weighted by Crippen LogP contribution is 2.33. The fourth-order valence-electron chi connectivity index (χ4n) is 2.04. The third-order valence-electron chi connectivity index (χ3n) is 2.98. The van der Waals surface area contributed by atoms with Crippen molar-refractivity contribution < 1.29 is 9.52 Å². The average Bonchev–Trinajstić information content (AvgIpc) is 2.94. The van der Waals surface area contributed by atoms with Crippen molar-refractivity contribution in [2.45, 2.75) is 6.10 Å². The van der Waals surface area contributed by atoms with E-state index in [0.717, 1.165) is 9.86 Å². The van der Waals surface area contributed by atoms with Crippen molar-refractivity contribution in [3.05, 3.63) is 51.4 Å². The maximum absolute atomic E-state index is 10.4. The second-order valence-corrected chi connectivity index (χ2v) is 5.47. The summed E-state index contributed by atoms with van der Waals surface area (Å²) in [6, 6.07) is 7.52. The Morgan fingerprint density at radius 1 is 1.47 bits per heavy atom. The summed E-state index contributed by atoms with van der Waals surface area (Å²) in [6.45, 7) is 0. The molecule has 0 bridgehead atoms. The number of benzene rings is 1. The van der Waals surface area contributed by atoms with Crippen LogP contribution in [0.25, 0.3) is 11.0 Å². The molecule has 0 spiro atoms. The third kappa shape index (κ3) is 2.08. The first kappa shape index (κ1) is 12.7. The van der Waals surface area contributed by atoms with E-state index in [1.54, 1.807) is 13.1 Å². The lowest BCUT2D eigenvalue weighted by molar-refractivity contribution is 0.183. The molecule has 1 unspecified atom stereocenters. The van der Waals surface area contributed by atoms with Gasteiger partial charge in [0.1, 0.15) is 11.3 Å². The Kier molecular flexibility index (Phi) is 3.12. The molecular weight excluding hydrogens is 332 g/mol. The van der Waals surface area contributed by atoms with Crippen LogP contribution < -0.4 is 0 Å². The number of aromatic nitrogens is 2. The van der Waals surface area contributed by atoms with Crippen LogP contribution in [0, 0.1) is 0 Å². The quantitative estimate of drug-likeness (QED) is 0.774. The first-order chi connectivity index (χ1) is 9.08. The minimum absolute atomic E-state index is 0.412. The van der Waals surface area contributed by atoms with Gasteiger partial charge in [0.2, 0.25) is 0 Å². The van der Waals surface area contributed by atoms with Crippen LogP contribution in [-0.4, -0.2) is 14.9 Å². The molecule has 4 nitrogen and oxygen atoms in total. The average molecular weight is 342 g/mol. The number of hydrogen-bond acceptors (Lipinski definition) is 3. The molecule has 3 aromatic rings. The number of para-hydroxylation sites is 1. The molecule has 0 aliphatic rings. The van der Waals surface area contributed by atoms with Gasteiger partial charge in [-0.1, -0.05) is 23.7 Å². The number of aliphatic hydroxyl groups is 1. The molecule has 0 aliphatic carbocycles. The molecule has 2 aromatic heterocycles. The number of rotatable bonds is 2. The van der Waals surface area contributed by atoms with Gasteiger partial charge < -0.3 is 9.52 Å². The first-order valence-corrected chi connectivity index (χ1v) is 6.78. The summed E-state index contributed by atoms with van der Waals surface area (Å²) < 4.78 is 8.08. The number of hydrogen-bond donors (Lipinski definition) is 1. The van der Waals surface area contributed by atoms with Crippen LogP contribution in [0.3, 0.4) is 0 Å². The Bertz CT molecular complexity index is 731. The molecule has 1 atom stereocenters. The van der Waals surface area contributed by atoms with E-state index in [2.05, 4.69) is 21.0 Å². The zero-order chi connectivity index (χ0) is 13.6. The number of furan rings is 1. The molecule has 0 amide bonds. The summed E-state index contributed by atoms with van der Waals surface area (Å²) in [6.07, 6.45) is 0.554. The fourth-order valence-corrected chi connectivity index (χ4v) is 2.78. The molecule has 0 fully saturated rings. The monoisotopic (exact) mass is 340 g/mol. The van der Waals surface area contributed by atoms with Crippen LogP contribution in [0.1, 0.15) is 17.6 Å². The Labute approximate surface area is 122 Å².